The SMILES string of the molecule is CCCCC/C=C/C=C/CCCCCCCCC(=O)OC(CCCCCCCCCCCC)CC(=O)NC(CO)C(O)CCCCCCCCCCCCCCC. The van der Waals surface area contributed by atoms with E-state index < -0.39 is 18.2 Å². The van der Waals surface area contributed by atoms with Gasteiger partial charge in [0.05, 0.1) is 25.2 Å². The Morgan fingerprint density at radius 1 is 0.509 bits per heavy atom. The summed E-state index contributed by atoms with van der Waals surface area (Å²) in [7, 11) is 0. The molecular weight excluding hydrogens is 707 g/mol. The van der Waals surface area contributed by atoms with Crippen LogP contribution in [0.3, 0.4) is 0 Å². The fraction of sp³-hybridized carbons (Fsp3) is 0.882. The first-order chi connectivity index (χ1) is 28.0. The Bertz CT molecular complexity index is 904. The number of carbonyl (C=O) groups excluding carboxylic acids is 2. The highest BCUT2D eigenvalue weighted by molar-refractivity contribution is 5.77. The number of esters is 1. The summed E-state index contributed by atoms with van der Waals surface area (Å²) in [4.78, 5) is 26.0. The Labute approximate surface area is 354 Å². The monoisotopic (exact) mass is 804 g/mol. The van der Waals surface area contributed by atoms with Gasteiger partial charge in [0, 0.05) is 6.42 Å². The lowest BCUT2D eigenvalue weighted by Crippen LogP contribution is -2.46. The number of unbranched alkanes of at least 4 members (excludes halogenated alkanes) is 30. The third kappa shape index (κ3) is 40.9. The average Bonchev–Trinajstić information content (AvgIpc) is 3.20. The summed E-state index contributed by atoms with van der Waals surface area (Å²) in [6, 6.07) is -0.698. The molecule has 6 heteroatoms. The first-order valence-electron chi connectivity index (χ1n) is 25.1. The Morgan fingerprint density at radius 3 is 1.33 bits per heavy atom. The van der Waals surface area contributed by atoms with Crippen LogP contribution in [0, 0.1) is 0 Å². The van der Waals surface area contributed by atoms with Crippen molar-refractivity contribution in [1.82, 2.24) is 5.32 Å². The van der Waals surface area contributed by atoms with Crippen molar-refractivity contribution in [2.45, 2.75) is 283 Å². The van der Waals surface area contributed by atoms with Crippen molar-refractivity contribution >= 4 is 11.9 Å². The molecule has 0 aromatic heterocycles. The van der Waals surface area contributed by atoms with Crippen molar-refractivity contribution in [2.75, 3.05) is 6.61 Å². The molecule has 0 rings (SSSR count). The van der Waals surface area contributed by atoms with E-state index in [9.17, 15) is 19.8 Å². The molecule has 1 amide bonds. The second-order valence-electron chi connectivity index (χ2n) is 17.3. The number of rotatable bonds is 45. The molecule has 0 aromatic rings. The maximum atomic E-state index is 13.2. The van der Waals surface area contributed by atoms with Crippen LogP contribution < -0.4 is 5.32 Å². The molecule has 3 N–H and O–H groups in total. The third-order valence-corrected chi connectivity index (χ3v) is 11.6. The Hall–Kier alpha value is -1.66. The number of hydrogen-bond acceptors (Lipinski definition) is 5. The van der Waals surface area contributed by atoms with Crippen LogP contribution in [0.2, 0.25) is 0 Å². The molecule has 336 valence electrons. The van der Waals surface area contributed by atoms with Crippen LogP contribution in [-0.4, -0.2) is 46.9 Å². The van der Waals surface area contributed by atoms with Crippen LogP contribution >= 0.6 is 0 Å². The summed E-state index contributed by atoms with van der Waals surface area (Å²) < 4.78 is 5.91. The molecular formula is C51H97NO5. The predicted molar refractivity (Wildman–Crippen MR) is 246 cm³/mol. The summed E-state index contributed by atoms with van der Waals surface area (Å²) in [5.41, 5.74) is 0. The number of ether oxygens (including phenoxy) is 1. The average molecular weight is 804 g/mol. The summed E-state index contributed by atoms with van der Waals surface area (Å²) in [5, 5.41) is 23.7. The molecule has 3 atom stereocenters. The fourth-order valence-corrected chi connectivity index (χ4v) is 7.72. The lowest BCUT2D eigenvalue weighted by Gasteiger charge is -2.24. The van der Waals surface area contributed by atoms with Crippen molar-refractivity contribution in [3.8, 4) is 0 Å². The van der Waals surface area contributed by atoms with Gasteiger partial charge in [-0.3, -0.25) is 9.59 Å². The molecule has 0 aromatic carbocycles. The first-order valence-corrected chi connectivity index (χ1v) is 25.1. The van der Waals surface area contributed by atoms with Crippen LogP contribution in [0.4, 0.5) is 0 Å². The lowest BCUT2D eigenvalue weighted by atomic mass is 10.0. The van der Waals surface area contributed by atoms with Gasteiger partial charge in [0.25, 0.3) is 0 Å². The molecule has 0 fully saturated rings. The maximum absolute atomic E-state index is 13.2. The minimum absolute atomic E-state index is 0.0776. The normalized spacial score (nSPS) is 13.4. The molecule has 0 saturated carbocycles. The molecule has 57 heavy (non-hydrogen) atoms. The molecule has 0 saturated heterocycles. The predicted octanol–water partition coefficient (Wildman–Crippen LogP) is 14.7. The van der Waals surface area contributed by atoms with Crippen LogP contribution in [0.5, 0.6) is 0 Å². The highest BCUT2D eigenvalue weighted by Gasteiger charge is 2.24. The Kier molecular flexibility index (Phi) is 44.1. The topological polar surface area (TPSA) is 95.9 Å². The van der Waals surface area contributed by atoms with Crippen LogP contribution in [0.15, 0.2) is 24.3 Å². The number of amides is 1. The zero-order chi connectivity index (χ0) is 41.7. The van der Waals surface area contributed by atoms with Crippen molar-refractivity contribution in [3.05, 3.63) is 24.3 Å². The Balaban J connectivity index is 4.51. The number of allylic oxidation sites excluding steroid dienone is 4. The second-order valence-corrected chi connectivity index (χ2v) is 17.3. The largest absolute Gasteiger partial charge is 0.462 e. The van der Waals surface area contributed by atoms with Gasteiger partial charge < -0.3 is 20.3 Å². The zero-order valence-corrected chi connectivity index (χ0v) is 38.2. The number of carbonyl (C=O) groups is 2. The fourth-order valence-electron chi connectivity index (χ4n) is 7.72. The number of hydrogen-bond donors (Lipinski definition) is 3. The summed E-state index contributed by atoms with van der Waals surface area (Å²) >= 11 is 0. The Morgan fingerprint density at radius 2 is 0.877 bits per heavy atom. The summed E-state index contributed by atoms with van der Waals surface area (Å²) in [6.45, 7) is 6.45. The molecule has 0 aliphatic carbocycles. The van der Waals surface area contributed by atoms with E-state index in [-0.39, 0.29) is 24.9 Å². The van der Waals surface area contributed by atoms with Gasteiger partial charge in [-0.1, -0.05) is 225 Å². The van der Waals surface area contributed by atoms with Gasteiger partial charge in [-0.25, -0.2) is 0 Å². The minimum atomic E-state index is -0.784. The quantitative estimate of drug-likeness (QED) is 0.0324. The third-order valence-electron chi connectivity index (χ3n) is 11.6. The van der Waals surface area contributed by atoms with Gasteiger partial charge in [0.2, 0.25) is 5.91 Å². The van der Waals surface area contributed by atoms with E-state index in [0.717, 1.165) is 51.4 Å². The molecule has 0 radical (unpaired) electrons. The number of aliphatic hydroxyl groups is 2. The summed E-state index contributed by atoms with van der Waals surface area (Å²) in [5.74, 6) is -0.477. The van der Waals surface area contributed by atoms with E-state index in [4.69, 9.17) is 4.74 Å². The van der Waals surface area contributed by atoms with Gasteiger partial charge in [-0.2, -0.15) is 0 Å². The second kappa shape index (κ2) is 45.4. The van der Waals surface area contributed by atoms with Gasteiger partial charge >= 0.3 is 5.97 Å². The smallest absolute Gasteiger partial charge is 0.306 e. The van der Waals surface area contributed by atoms with Gasteiger partial charge in [0.15, 0.2) is 0 Å². The van der Waals surface area contributed by atoms with E-state index in [0.29, 0.717) is 19.3 Å². The van der Waals surface area contributed by atoms with Crippen molar-refractivity contribution in [2.24, 2.45) is 0 Å². The van der Waals surface area contributed by atoms with Gasteiger partial charge in [-0.15, -0.1) is 0 Å². The van der Waals surface area contributed by atoms with Crippen LogP contribution in [0.1, 0.15) is 265 Å². The molecule has 0 spiro atoms. The van der Waals surface area contributed by atoms with Crippen molar-refractivity contribution in [1.29, 1.82) is 0 Å². The molecule has 0 aliphatic heterocycles. The van der Waals surface area contributed by atoms with E-state index in [1.54, 1.807) is 0 Å². The lowest BCUT2D eigenvalue weighted by molar-refractivity contribution is -0.151. The van der Waals surface area contributed by atoms with E-state index in [2.05, 4.69) is 50.4 Å². The van der Waals surface area contributed by atoms with Crippen molar-refractivity contribution < 1.29 is 24.5 Å². The molecule has 3 unspecified atom stereocenters. The standard InChI is InChI=1S/C51H97NO5/c1-4-7-10-13-16-19-22-24-25-27-29-32-35-38-41-44-51(56)57-47(42-39-36-33-30-21-18-15-12-9-6-3)45-50(55)52-48(46-53)49(54)43-40-37-34-31-28-26-23-20-17-14-11-8-5-2/h16,19,22,24,47-49,53-54H,4-15,17-18,20-21,23,25-46H2,1-3H3,(H,52,55)/b19-16+,24-22+. The molecule has 0 bridgehead atoms. The highest BCUT2D eigenvalue weighted by atomic mass is 16.5. The zero-order valence-electron chi connectivity index (χ0n) is 38.2. The van der Waals surface area contributed by atoms with E-state index >= 15 is 0 Å². The maximum Gasteiger partial charge on any atom is 0.306 e. The summed E-state index contributed by atoms with van der Waals surface area (Å²) in [6.07, 6.45) is 50.9. The first kappa shape index (κ1) is 55.3. The highest BCUT2D eigenvalue weighted by Crippen LogP contribution is 2.18. The van der Waals surface area contributed by atoms with E-state index in [1.807, 2.05) is 0 Å². The van der Waals surface area contributed by atoms with E-state index in [1.165, 1.54) is 167 Å². The van der Waals surface area contributed by atoms with Crippen LogP contribution in [-0.2, 0) is 14.3 Å². The minimum Gasteiger partial charge on any atom is -0.462 e. The molecule has 0 heterocycles. The molecule has 6 nitrogen and oxygen atoms in total. The molecule has 0 aliphatic rings. The number of nitrogens with one attached hydrogen (secondary N) is 1. The van der Waals surface area contributed by atoms with Gasteiger partial charge in [-0.05, 0) is 51.4 Å². The van der Waals surface area contributed by atoms with Crippen LogP contribution in [0.25, 0.3) is 0 Å². The van der Waals surface area contributed by atoms with Crippen molar-refractivity contribution in [3.63, 3.8) is 0 Å². The number of aliphatic hydroxyl groups excluding tert-OH is 2. The van der Waals surface area contributed by atoms with Gasteiger partial charge in [0.1, 0.15) is 6.10 Å².